The Labute approximate surface area is 263 Å². The van der Waals surface area contributed by atoms with Gasteiger partial charge in [0.1, 0.15) is 48.6 Å². The number of aromatic amines is 1. The molecule has 252 valence electrons. The summed E-state index contributed by atoms with van der Waals surface area (Å²) in [5.41, 5.74) is 5.44. The van der Waals surface area contributed by atoms with Gasteiger partial charge in [-0.1, -0.05) is 13.8 Å². The highest BCUT2D eigenvalue weighted by Gasteiger charge is 2.50. The molecular weight excluding hydrogens is 627 g/mol. The van der Waals surface area contributed by atoms with Crippen molar-refractivity contribution in [2.24, 2.45) is 11.8 Å². The van der Waals surface area contributed by atoms with Crippen molar-refractivity contribution in [3.63, 3.8) is 0 Å². The van der Waals surface area contributed by atoms with Crippen LogP contribution in [0.4, 0.5) is 5.82 Å². The summed E-state index contributed by atoms with van der Waals surface area (Å²) in [6.45, 7) is 4.15. The second-order valence-electron chi connectivity index (χ2n) is 12.1. The van der Waals surface area contributed by atoms with Crippen LogP contribution in [0.15, 0.2) is 34.5 Å². The number of nitrogen functional groups attached to an aromatic ring is 1. The minimum Gasteiger partial charge on any atom is -0.394 e. The van der Waals surface area contributed by atoms with Gasteiger partial charge in [0.25, 0.3) is 5.56 Å². The molecule has 3 aliphatic rings. The zero-order valence-corrected chi connectivity index (χ0v) is 26.5. The maximum absolute atomic E-state index is 14.8. The molecule has 0 aliphatic carbocycles. The average molecular weight is 667 g/mol. The van der Waals surface area contributed by atoms with Crippen molar-refractivity contribution in [3.8, 4) is 0 Å². The van der Waals surface area contributed by atoms with Gasteiger partial charge in [-0.2, -0.15) is 0 Å². The number of H-pyrrole nitrogens is 1. The minimum atomic E-state index is -4.12. The predicted octanol–water partition coefficient (Wildman–Crippen LogP) is -0.000400. The number of fused-ring (bicyclic) bond motifs is 1. The quantitative estimate of drug-likeness (QED) is 0.209. The van der Waals surface area contributed by atoms with Gasteiger partial charge in [0.15, 0.2) is 17.7 Å². The number of aliphatic hydroxyl groups excluding tert-OH is 2. The summed E-state index contributed by atoms with van der Waals surface area (Å²) in [6.07, 6.45) is -1.68. The van der Waals surface area contributed by atoms with E-state index in [1.807, 2.05) is 0 Å². The maximum atomic E-state index is 14.8. The van der Waals surface area contributed by atoms with Crippen molar-refractivity contribution in [1.82, 2.24) is 33.7 Å². The van der Waals surface area contributed by atoms with Gasteiger partial charge in [-0.3, -0.25) is 28.0 Å². The average Bonchev–Trinajstić information content (AvgIpc) is 3.71. The predicted molar refractivity (Wildman–Crippen MR) is 160 cm³/mol. The molecule has 0 aromatic carbocycles. The second kappa shape index (κ2) is 13.2. The lowest BCUT2D eigenvalue weighted by molar-refractivity contribution is -0.0654. The number of aromatic nitrogens is 6. The largest absolute Gasteiger partial charge is 0.408 e. The molecule has 3 aliphatic heterocycles. The Morgan fingerprint density at radius 2 is 1.87 bits per heavy atom. The van der Waals surface area contributed by atoms with E-state index in [0.29, 0.717) is 24.3 Å². The van der Waals surface area contributed by atoms with Crippen LogP contribution in [0.5, 0.6) is 0 Å². The van der Waals surface area contributed by atoms with Crippen LogP contribution in [0.3, 0.4) is 0 Å². The number of anilines is 1. The third kappa shape index (κ3) is 6.28. The van der Waals surface area contributed by atoms with E-state index in [1.165, 1.54) is 26.0 Å². The van der Waals surface area contributed by atoms with Crippen LogP contribution in [-0.4, -0.2) is 108 Å². The molecule has 3 aromatic heterocycles. The SMILES string of the molecule is COC1[C@@H](O)[C@@H](COP(=O)(O[C@@H]2C[C@H](n3cnc4c(N)ncnc43)O[C@@H]2CO)N2CC(C)CC(C)C2)O[C@H]1n1ccc(=O)[nH]c1=O. The fourth-order valence-corrected chi connectivity index (χ4v) is 8.75. The standard InChI is InChI=1S/C27H39N8O10P/c1-14-6-15(2)9-33(8-14)46(40,42-11-18-22(38)23(41-3)26(44-18)34-5-4-19(37)32-27(34)39)45-16-7-20(43-17(16)10-36)35-13-31-21-24(28)29-12-30-25(21)35/h4-5,12-18,20,22-23,26,36,38H,6-11H2,1-3H3,(H2,28,29,30)(H,32,37,39)/t14?,15?,16-,17-,18-,20-,22+,23?,26-,46?/m1/s1. The monoisotopic (exact) mass is 666 g/mol. The van der Waals surface area contributed by atoms with Gasteiger partial charge in [-0.25, -0.2) is 29.0 Å². The molecular formula is C27H39N8O10P. The van der Waals surface area contributed by atoms with E-state index >= 15 is 0 Å². The van der Waals surface area contributed by atoms with E-state index in [-0.39, 0.29) is 30.7 Å². The number of imidazole rings is 1. The smallest absolute Gasteiger partial charge is 0.394 e. The summed E-state index contributed by atoms with van der Waals surface area (Å²) < 4.78 is 49.2. The number of aliphatic hydroxyl groups is 2. The molecule has 19 heteroatoms. The van der Waals surface area contributed by atoms with E-state index in [0.717, 1.165) is 17.1 Å². The Morgan fingerprint density at radius 1 is 1.11 bits per heavy atom. The van der Waals surface area contributed by atoms with Crippen molar-refractivity contribution in [1.29, 1.82) is 0 Å². The Hall–Kier alpha value is -3.06. The van der Waals surface area contributed by atoms with Gasteiger partial charge in [-0.05, 0) is 18.3 Å². The summed E-state index contributed by atoms with van der Waals surface area (Å²) in [6, 6.07) is 1.15. The highest BCUT2D eigenvalue weighted by molar-refractivity contribution is 7.51. The summed E-state index contributed by atoms with van der Waals surface area (Å²) in [5.74, 6) is 0.588. The van der Waals surface area contributed by atoms with E-state index in [9.17, 15) is 24.4 Å². The molecule has 0 spiro atoms. The molecule has 0 amide bonds. The Balaban J connectivity index is 1.24. The number of hydrogen-bond acceptors (Lipinski definition) is 14. The Morgan fingerprint density at radius 3 is 2.57 bits per heavy atom. The van der Waals surface area contributed by atoms with Crippen LogP contribution in [0, 0.1) is 11.8 Å². The maximum Gasteiger partial charge on any atom is 0.408 e. The van der Waals surface area contributed by atoms with Gasteiger partial charge in [-0.15, -0.1) is 0 Å². The zero-order chi connectivity index (χ0) is 32.7. The first-order chi connectivity index (χ1) is 22.0. The van der Waals surface area contributed by atoms with Gasteiger partial charge in [0.2, 0.25) is 0 Å². The highest BCUT2D eigenvalue weighted by Crippen LogP contribution is 2.57. The molecule has 5 N–H and O–H groups in total. The Bertz CT molecular complexity index is 1690. The third-order valence-electron chi connectivity index (χ3n) is 8.63. The van der Waals surface area contributed by atoms with Crippen molar-refractivity contribution >= 4 is 24.7 Å². The van der Waals surface area contributed by atoms with Gasteiger partial charge < -0.3 is 30.2 Å². The summed E-state index contributed by atoms with van der Waals surface area (Å²) >= 11 is 0. The third-order valence-corrected chi connectivity index (χ3v) is 10.7. The molecule has 3 saturated heterocycles. The van der Waals surface area contributed by atoms with Gasteiger partial charge >= 0.3 is 13.4 Å². The number of ether oxygens (including phenoxy) is 3. The van der Waals surface area contributed by atoms with E-state index in [1.54, 1.807) is 9.24 Å². The molecule has 6 rings (SSSR count). The van der Waals surface area contributed by atoms with Gasteiger partial charge in [0.05, 0.1) is 19.5 Å². The Kier molecular flexibility index (Phi) is 9.44. The molecule has 0 saturated carbocycles. The van der Waals surface area contributed by atoms with Crippen LogP contribution in [0.1, 0.15) is 39.1 Å². The number of nitrogens with one attached hydrogen (secondary N) is 1. The molecule has 3 aromatic rings. The lowest BCUT2D eigenvalue weighted by Crippen LogP contribution is -2.41. The zero-order valence-electron chi connectivity index (χ0n) is 25.6. The van der Waals surface area contributed by atoms with E-state index in [4.69, 9.17) is 29.0 Å². The first-order valence-electron chi connectivity index (χ1n) is 15.1. The number of nitrogens with two attached hydrogens (primary N) is 1. The van der Waals surface area contributed by atoms with E-state index in [2.05, 4.69) is 33.8 Å². The number of hydrogen-bond donors (Lipinski definition) is 4. The van der Waals surface area contributed by atoms with Crippen LogP contribution >= 0.6 is 7.75 Å². The summed E-state index contributed by atoms with van der Waals surface area (Å²) in [7, 11) is -2.77. The fraction of sp³-hybridized carbons (Fsp3) is 0.667. The molecule has 3 fully saturated rings. The molecule has 46 heavy (non-hydrogen) atoms. The minimum absolute atomic E-state index is 0.179. The second-order valence-corrected chi connectivity index (χ2v) is 14.1. The normalized spacial score (nSPS) is 33.5. The molecule has 10 atom stereocenters. The number of nitrogens with zero attached hydrogens (tertiary/aromatic N) is 6. The first kappa shape index (κ1) is 32.9. The van der Waals surface area contributed by atoms with Crippen LogP contribution < -0.4 is 17.0 Å². The lowest BCUT2D eigenvalue weighted by atomic mass is 9.94. The van der Waals surface area contributed by atoms with Crippen molar-refractivity contribution < 1.29 is 38.0 Å². The van der Waals surface area contributed by atoms with Crippen molar-refractivity contribution in [2.75, 3.05) is 39.1 Å². The number of piperidine rings is 1. The molecule has 4 unspecified atom stereocenters. The number of methoxy groups -OCH3 is 1. The topological polar surface area (TPSA) is 231 Å². The molecule has 6 heterocycles. The van der Waals surface area contributed by atoms with Crippen LogP contribution in [-0.2, 0) is 27.8 Å². The van der Waals surface area contributed by atoms with Crippen molar-refractivity contribution in [3.05, 3.63) is 45.8 Å². The number of rotatable bonds is 10. The van der Waals surface area contributed by atoms with Crippen LogP contribution in [0.25, 0.3) is 11.2 Å². The van der Waals surface area contributed by atoms with E-state index < -0.39 is 68.6 Å². The lowest BCUT2D eigenvalue weighted by Gasteiger charge is -2.39. The van der Waals surface area contributed by atoms with Crippen LogP contribution in [0.2, 0.25) is 0 Å². The molecule has 0 bridgehead atoms. The highest BCUT2D eigenvalue weighted by atomic mass is 31.2. The summed E-state index contributed by atoms with van der Waals surface area (Å²) in [5, 5.41) is 21.3. The summed E-state index contributed by atoms with van der Waals surface area (Å²) in [4.78, 5) is 38.7. The molecule has 18 nitrogen and oxygen atoms in total. The van der Waals surface area contributed by atoms with Gasteiger partial charge in [0, 0.05) is 38.9 Å². The molecule has 0 radical (unpaired) electrons. The van der Waals surface area contributed by atoms with Crippen molar-refractivity contribution in [2.45, 2.75) is 69.7 Å². The fourth-order valence-electron chi connectivity index (χ4n) is 6.54. The first-order valence-corrected chi connectivity index (χ1v) is 16.6.